The molecule has 0 spiro atoms. The molecule has 1 fully saturated rings. The second kappa shape index (κ2) is 6.11. The molecule has 0 saturated carbocycles. The second-order valence-corrected chi connectivity index (χ2v) is 5.79. The number of hydrogen-bond acceptors (Lipinski definition) is 3. The molecule has 0 radical (unpaired) electrons. The second-order valence-electron chi connectivity index (χ2n) is 4.93. The van der Waals surface area contributed by atoms with E-state index in [4.69, 9.17) is 10.5 Å². The number of carbonyl (C=O) groups is 1. The highest BCUT2D eigenvalue weighted by Crippen LogP contribution is 2.32. The van der Waals surface area contributed by atoms with E-state index < -0.39 is 5.41 Å². The summed E-state index contributed by atoms with van der Waals surface area (Å²) in [5.41, 5.74) is 6.12. The zero-order chi connectivity index (χ0) is 13.9. The number of benzene rings is 1. The largest absolute Gasteiger partial charge is 0.381 e. The molecule has 0 amide bonds. The van der Waals surface area contributed by atoms with Crippen LogP contribution in [0.5, 0.6) is 0 Å². The van der Waals surface area contributed by atoms with Crippen molar-refractivity contribution < 1.29 is 13.9 Å². The van der Waals surface area contributed by atoms with Crippen LogP contribution < -0.4 is 5.73 Å². The van der Waals surface area contributed by atoms with Gasteiger partial charge in [-0.3, -0.25) is 4.79 Å². The summed E-state index contributed by atoms with van der Waals surface area (Å²) in [4.78, 5) is 12.5. The lowest BCUT2D eigenvalue weighted by molar-refractivity contribution is -0.132. The molecule has 0 aromatic heterocycles. The van der Waals surface area contributed by atoms with E-state index in [0.717, 1.165) is 5.56 Å². The Morgan fingerprint density at radius 2 is 2.11 bits per heavy atom. The summed E-state index contributed by atoms with van der Waals surface area (Å²) in [6, 6.07) is 4.38. The fraction of sp³-hybridized carbons (Fsp3) is 0.500. The van der Waals surface area contributed by atoms with Gasteiger partial charge in [0, 0.05) is 36.1 Å². The number of halogens is 2. The molecule has 1 aromatic carbocycles. The number of nitrogens with two attached hydrogens (primary N) is 1. The van der Waals surface area contributed by atoms with Gasteiger partial charge in [0.25, 0.3) is 0 Å². The third-order valence-electron chi connectivity index (χ3n) is 3.80. The van der Waals surface area contributed by atoms with E-state index in [9.17, 15) is 9.18 Å². The number of ketones is 1. The molecule has 3 nitrogen and oxygen atoms in total. The maximum Gasteiger partial charge on any atom is 0.144 e. The van der Waals surface area contributed by atoms with Crippen LogP contribution in [0.1, 0.15) is 18.4 Å². The van der Waals surface area contributed by atoms with E-state index in [-0.39, 0.29) is 18.0 Å². The number of hydrogen-bond donors (Lipinski definition) is 1. The Kier molecular flexibility index (Phi) is 4.71. The first-order valence-corrected chi connectivity index (χ1v) is 7.12. The van der Waals surface area contributed by atoms with Crippen LogP contribution in [0.25, 0.3) is 0 Å². The zero-order valence-corrected chi connectivity index (χ0v) is 12.2. The molecule has 104 valence electrons. The molecule has 2 rings (SSSR count). The highest BCUT2D eigenvalue weighted by atomic mass is 79.9. The molecule has 0 unspecified atom stereocenters. The van der Waals surface area contributed by atoms with Gasteiger partial charge in [-0.05, 0) is 30.5 Å². The maximum atomic E-state index is 13.0. The third-order valence-corrected chi connectivity index (χ3v) is 4.54. The zero-order valence-electron chi connectivity index (χ0n) is 10.6. The summed E-state index contributed by atoms with van der Waals surface area (Å²) in [7, 11) is 0. The molecular weight excluding hydrogens is 313 g/mol. The third kappa shape index (κ3) is 3.22. The van der Waals surface area contributed by atoms with Crippen molar-refractivity contribution in [2.75, 3.05) is 19.8 Å². The SMILES string of the molecule is NCC1(C(=O)Cc2ccc(F)cc2Br)CCOCC1. The minimum absolute atomic E-state index is 0.116. The van der Waals surface area contributed by atoms with E-state index >= 15 is 0 Å². The van der Waals surface area contributed by atoms with Crippen LogP contribution in [-0.2, 0) is 16.0 Å². The van der Waals surface area contributed by atoms with Gasteiger partial charge in [-0.25, -0.2) is 4.39 Å². The molecule has 0 atom stereocenters. The molecule has 1 heterocycles. The number of Topliss-reactive ketones (excluding diaryl/α,β-unsaturated/α-hetero) is 1. The van der Waals surface area contributed by atoms with Crippen LogP contribution in [0, 0.1) is 11.2 Å². The van der Waals surface area contributed by atoms with Crippen molar-refractivity contribution in [3.63, 3.8) is 0 Å². The number of carbonyl (C=O) groups excluding carboxylic acids is 1. The molecule has 0 bridgehead atoms. The molecule has 1 saturated heterocycles. The normalized spacial score (nSPS) is 18.3. The summed E-state index contributed by atoms with van der Waals surface area (Å²) >= 11 is 3.29. The van der Waals surface area contributed by atoms with Gasteiger partial charge in [-0.1, -0.05) is 22.0 Å². The highest BCUT2D eigenvalue weighted by Gasteiger charge is 2.38. The van der Waals surface area contributed by atoms with Crippen LogP contribution in [0.2, 0.25) is 0 Å². The molecule has 1 aliphatic rings. The summed E-state index contributed by atoms with van der Waals surface area (Å²) in [6.07, 6.45) is 1.61. The highest BCUT2D eigenvalue weighted by molar-refractivity contribution is 9.10. The Bertz CT molecular complexity index is 473. The molecule has 0 aliphatic carbocycles. The van der Waals surface area contributed by atoms with Gasteiger partial charge in [0.05, 0.1) is 0 Å². The summed E-state index contributed by atoms with van der Waals surface area (Å²) in [5.74, 6) is -0.201. The first-order chi connectivity index (χ1) is 9.07. The van der Waals surface area contributed by atoms with Crippen molar-refractivity contribution in [1.82, 2.24) is 0 Å². The van der Waals surface area contributed by atoms with Gasteiger partial charge in [-0.2, -0.15) is 0 Å². The van der Waals surface area contributed by atoms with Crippen LogP contribution >= 0.6 is 15.9 Å². The first-order valence-electron chi connectivity index (χ1n) is 6.32. The average Bonchev–Trinajstić information content (AvgIpc) is 2.42. The summed E-state index contributed by atoms with van der Waals surface area (Å²) < 4.78 is 19.0. The average molecular weight is 330 g/mol. The molecule has 19 heavy (non-hydrogen) atoms. The van der Waals surface area contributed by atoms with Gasteiger partial charge in [0.2, 0.25) is 0 Å². The Morgan fingerprint density at radius 3 is 2.68 bits per heavy atom. The van der Waals surface area contributed by atoms with E-state index in [0.29, 0.717) is 37.1 Å². The molecule has 5 heteroatoms. The van der Waals surface area contributed by atoms with E-state index in [1.165, 1.54) is 12.1 Å². The lowest BCUT2D eigenvalue weighted by Gasteiger charge is -2.34. The number of rotatable bonds is 4. The molecule has 1 aromatic rings. The summed E-state index contributed by atoms with van der Waals surface area (Å²) in [6.45, 7) is 1.50. The van der Waals surface area contributed by atoms with E-state index in [1.54, 1.807) is 6.07 Å². The lowest BCUT2D eigenvalue weighted by Crippen LogP contribution is -2.44. The topological polar surface area (TPSA) is 52.3 Å². The Balaban J connectivity index is 2.15. The molecule has 1 aliphatic heterocycles. The Morgan fingerprint density at radius 1 is 1.42 bits per heavy atom. The number of ether oxygens (including phenoxy) is 1. The van der Waals surface area contributed by atoms with Crippen molar-refractivity contribution in [3.05, 3.63) is 34.1 Å². The van der Waals surface area contributed by atoms with Gasteiger partial charge >= 0.3 is 0 Å². The van der Waals surface area contributed by atoms with Crippen LogP contribution in [0.3, 0.4) is 0 Å². The standard InChI is InChI=1S/C14H17BrFNO2/c15-12-8-11(16)2-1-10(12)7-13(18)14(9-17)3-5-19-6-4-14/h1-2,8H,3-7,9,17H2. The predicted molar refractivity (Wildman–Crippen MR) is 74.4 cm³/mol. The minimum atomic E-state index is -0.480. The minimum Gasteiger partial charge on any atom is -0.381 e. The van der Waals surface area contributed by atoms with Crippen molar-refractivity contribution in [2.24, 2.45) is 11.1 Å². The quantitative estimate of drug-likeness (QED) is 0.923. The van der Waals surface area contributed by atoms with Gasteiger partial charge in [-0.15, -0.1) is 0 Å². The van der Waals surface area contributed by atoms with Crippen molar-refractivity contribution in [1.29, 1.82) is 0 Å². The van der Waals surface area contributed by atoms with E-state index in [2.05, 4.69) is 15.9 Å². The summed E-state index contributed by atoms with van der Waals surface area (Å²) in [5, 5.41) is 0. The molecule has 2 N–H and O–H groups in total. The van der Waals surface area contributed by atoms with Gasteiger partial charge in [0.15, 0.2) is 0 Å². The van der Waals surface area contributed by atoms with Crippen LogP contribution in [-0.4, -0.2) is 25.5 Å². The predicted octanol–water partition coefficient (Wildman–Crippen LogP) is 2.46. The van der Waals surface area contributed by atoms with Crippen molar-refractivity contribution >= 4 is 21.7 Å². The van der Waals surface area contributed by atoms with Crippen molar-refractivity contribution in [3.8, 4) is 0 Å². The van der Waals surface area contributed by atoms with Crippen LogP contribution in [0.15, 0.2) is 22.7 Å². The first kappa shape index (κ1) is 14.6. The fourth-order valence-electron chi connectivity index (χ4n) is 2.38. The Hall–Kier alpha value is -0.780. The van der Waals surface area contributed by atoms with Crippen LogP contribution in [0.4, 0.5) is 4.39 Å². The smallest absolute Gasteiger partial charge is 0.144 e. The maximum absolute atomic E-state index is 13.0. The van der Waals surface area contributed by atoms with Gasteiger partial charge < -0.3 is 10.5 Å². The Labute approximate surface area is 120 Å². The van der Waals surface area contributed by atoms with Gasteiger partial charge in [0.1, 0.15) is 11.6 Å². The fourth-order valence-corrected chi connectivity index (χ4v) is 2.88. The monoisotopic (exact) mass is 329 g/mol. The lowest BCUT2D eigenvalue weighted by atomic mass is 9.74. The molecular formula is C14H17BrFNO2. The van der Waals surface area contributed by atoms with E-state index in [1.807, 2.05) is 0 Å². The van der Waals surface area contributed by atoms with Crippen molar-refractivity contribution in [2.45, 2.75) is 19.3 Å².